The number of nitrogens with one attached hydrogen (secondary N) is 3. The summed E-state index contributed by atoms with van der Waals surface area (Å²) in [6.07, 6.45) is 1.35. The van der Waals surface area contributed by atoms with Crippen LogP contribution in [0.3, 0.4) is 0 Å². The fraction of sp³-hybridized carbons (Fsp3) is 0.706. The van der Waals surface area contributed by atoms with Crippen molar-refractivity contribution in [3.8, 4) is 0 Å². The maximum Gasteiger partial charge on any atom is 0.326 e. The topological polar surface area (TPSA) is 215 Å². The Morgan fingerprint density at radius 1 is 1.13 bits per heavy atom. The van der Waals surface area contributed by atoms with Gasteiger partial charge >= 0.3 is 5.97 Å². The van der Waals surface area contributed by atoms with Crippen LogP contribution in [0.25, 0.3) is 0 Å². The van der Waals surface area contributed by atoms with Crippen molar-refractivity contribution in [2.24, 2.45) is 28.1 Å². The van der Waals surface area contributed by atoms with E-state index < -0.39 is 48.4 Å². The van der Waals surface area contributed by atoms with E-state index in [0.717, 1.165) is 0 Å². The molecule has 0 bridgehead atoms. The highest BCUT2D eigenvalue weighted by Crippen LogP contribution is 2.08. The first-order valence-electron chi connectivity index (χ1n) is 9.55. The van der Waals surface area contributed by atoms with E-state index in [1.165, 1.54) is 0 Å². The highest BCUT2D eigenvalue weighted by molar-refractivity contribution is 7.80. The maximum absolute atomic E-state index is 12.3. The number of carboxylic acid groups (broad SMARTS) is 1. The Morgan fingerprint density at radius 2 is 1.77 bits per heavy atom. The Balaban J connectivity index is 4.54. The summed E-state index contributed by atoms with van der Waals surface area (Å²) in [4.78, 5) is 51.4. The summed E-state index contributed by atoms with van der Waals surface area (Å²) in [5, 5.41) is 16.4. The third-order valence-corrected chi connectivity index (χ3v) is 4.70. The van der Waals surface area contributed by atoms with Crippen LogP contribution in [0.15, 0.2) is 4.99 Å². The number of amides is 3. The van der Waals surface area contributed by atoms with Gasteiger partial charge in [-0.1, -0.05) is 20.3 Å². The van der Waals surface area contributed by atoms with Crippen LogP contribution in [0.2, 0.25) is 0 Å². The average molecular weight is 448 g/mol. The first-order chi connectivity index (χ1) is 14.0. The van der Waals surface area contributed by atoms with E-state index in [2.05, 4.69) is 33.6 Å². The number of nitrogens with zero attached hydrogens (tertiary/aromatic N) is 1. The molecule has 0 aromatic carbocycles. The zero-order chi connectivity index (χ0) is 23.3. The van der Waals surface area contributed by atoms with Gasteiger partial charge in [-0.15, -0.1) is 0 Å². The summed E-state index contributed by atoms with van der Waals surface area (Å²) in [5.41, 5.74) is 16.1. The molecule has 0 spiro atoms. The lowest BCUT2D eigenvalue weighted by atomic mass is 9.99. The number of aliphatic carboxylic acids is 1. The van der Waals surface area contributed by atoms with Crippen LogP contribution >= 0.6 is 12.6 Å². The Hall–Kier alpha value is -2.54. The smallest absolute Gasteiger partial charge is 0.326 e. The quantitative estimate of drug-likeness (QED) is 0.0615. The minimum absolute atomic E-state index is 0.0497. The summed E-state index contributed by atoms with van der Waals surface area (Å²) in [5.74, 6) is -3.41. The highest BCUT2D eigenvalue weighted by atomic mass is 32.1. The first kappa shape index (κ1) is 27.5. The summed E-state index contributed by atoms with van der Waals surface area (Å²) in [6, 6.07) is -2.99. The molecule has 0 saturated carbocycles. The maximum atomic E-state index is 12.3. The number of hydrogen-bond donors (Lipinski definition) is 8. The van der Waals surface area contributed by atoms with Gasteiger partial charge in [0.05, 0.1) is 12.6 Å². The molecule has 0 fully saturated rings. The lowest BCUT2D eigenvalue weighted by Gasteiger charge is -2.23. The van der Waals surface area contributed by atoms with Gasteiger partial charge in [0.25, 0.3) is 0 Å². The molecule has 0 radical (unpaired) electrons. The molecule has 0 aliphatic rings. The van der Waals surface area contributed by atoms with Crippen molar-refractivity contribution < 1.29 is 24.3 Å². The summed E-state index contributed by atoms with van der Waals surface area (Å²) in [7, 11) is 0. The molecular weight excluding hydrogens is 414 g/mol. The van der Waals surface area contributed by atoms with E-state index >= 15 is 0 Å². The predicted octanol–water partition coefficient (Wildman–Crippen LogP) is -2.49. The summed E-state index contributed by atoms with van der Waals surface area (Å²) >= 11 is 4.02. The molecule has 30 heavy (non-hydrogen) atoms. The number of carboxylic acids is 1. The fourth-order valence-corrected chi connectivity index (χ4v) is 2.58. The predicted molar refractivity (Wildman–Crippen MR) is 116 cm³/mol. The molecule has 4 atom stereocenters. The van der Waals surface area contributed by atoms with Gasteiger partial charge in [0, 0.05) is 12.3 Å². The molecule has 0 aromatic heterocycles. The lowest BCUT2D eigenvalue weighted by Crippen LogP contribution is -2.55. The second kappa shape index (κ2) is 14.4. The minimum Gasteiger partial charge on any atom is -0.480 e. The third-order valence-electron chi connectivity index (χ3n) is 4.34. The minimum atomic E-state index is -1.16. The SMILES string of the molecule is CCC(C)C(NC(=O)C(CS)NC(=O)CNC(=O)C(N)CCCN=C(N)N)C(=O)O. The molecular formula is C17H33N7O5S. The molecule has 4 unspecified atom stereocenters. The Bertz CT molecular complexity index is 628. The number of hydrogen-bond acceptors (Lipinski definition) is 7. The largest absolute Gasteiger partial charge is 0.480 e. The number of rotatable bonds is 14. The number of guanidine groups is 1. The van der Waals surface area contributed by atoms with Crippen LogP contribution in [0.5, 0.6) is 0 Å². The normalized spacial score (nSPS) is 14.5. The molecule has 0 aromatic rings. The van der Waals surface area contributed by atoms with Crippen molar-refractivity contribution in [2.45, 2.75) is 51.2 Å². The van der Waals surface area contributed by atoms with Crippen molar-refractivity contribution >= 4 is 42.3 Å². The molecule has 0 aliphatic carbocycles. The van der Waals surface area contributed by atoms with Crippen molar-refractivity contribution in [2.75, 3.05) is 18.8 Å². The zero-order valence-corrected chi connectivity index (χ0v) is 18.2. The molecule has 0 saturated heterocycles. The number of nitrogens with two attached hydrogens (primary N) is 3. The van der Waals surface area contributed by atoms with Gasteiger partial charge in [-0.25, -0.2) is 4.79 Å². The first-order valence-corrected chi connectivity index (χ1v) is 10.2. The number of carbonyl (C=O) groups is 4. The Labute approximate surface area is 181 Å². The van der Waals surface area contributed by atoms with Crippen molar-refractivity contribution in [1.82, 2.24) is 16.0 Å². The molecule has 0 heterocycles. The second-order valence-electron chi connectivity index (χ2n) is 6.79. The molecule has 10 N–H and O–H groups in total. The van der Waals surface area contributed by atoms with Gasteiger partial charge in [0.2, 0.25) is 17.7 Å². The van der Waals surface area contributed by atoms with E-state index in [9.17, 15) is 24.3 Å². The van der Waals surface area contributed by atoms with E-state index in [0.29, 0.717) is 25.8 Å². The third kappa shape index (κ3) is 10.9. The summed E-state index contributed by atoms with van der Waals surface area (Å²) < 4.78 is 0. The standard InChI is InChI=1S/C17H33N7O5S/c1-3-9(2)13(16(28)29)24-15(27)11(8-30)23-12(25)7-22-14(26)10(18)5-4-6-21-17(19)20/h9-11,13,30H,3-8,18H2,1-2H3,(H,22,26)(H,23,25)(H,24,27)(H,28,29)(H4,19,20,21). The molecule has 12 nitrogen and oxygen atoms in total. The van der Waals surface area contributed by atoms with Crippen LogP contribution < -0.4 is 33.2 Å². The van der Waals surface area contributed by atoms with Gasteiger partial charge in [-0.2, -0.15) is 12.6 Å². The van der Waals surface area contributed by atoms with E-state index in [-0.39, 0.29) is 17.6 Å². The van der Waals surface area contributed by atoms with Crippen LogP contribution in [0, 0.1) is 5.92 Å². The van der Waals surface area contributed by atoms with E-state index in [1.807, 2.05) is 0 Å². The fourth-order valence-electron chi connectivity index (χ4n) is 2.33. The van der Waals surface area contributed by atoms with Crippen molar-refractivity contribution in [3.63, 3.8) is 0 Å². The molecule has 13 heteroatoms. The molecule has 172 valence electrons. The van der Waals surface area contributed by atoms with Gasteiger partial charge in [0.1, 0.15) is 12.1 Å². The van der Waals surface area contributed by atoms with Crippen molar-refractivity contribution in [3.05, 3.63) is 0 Å². The Morgan fingerprint density at radius 3 is 2.27 bits per heavy atom. The molecule has 3 amide bonds. The number of carbonyl (C=O) groups excluding carboxylic acids is 3. The van der Waals surface area contributed by atoms with Gasteiger partial charge in [-0.3, -0.25) is 19.4 Å². The van der Waals surface area contributed by atoms with Crippen LogP contribution in [-0.2, 0) is 19.2 Å². The highest BCUT2D eigenvalue weighted by Gasteiger charge is 2.29. The second-order valence-corrected chi connectivity index (χ2v) is 7.15. The van der Waals surface area contributed by atoms with Gasteiger partial charge in [-0.05, 0) is 18.8 Å². The lowest BCUT2D eigenvalue weighted by molar-refractivity contribution is -0.143. The van der Waals surface area contributed by atoms with Crippen molar-refractivity contribution in [1.29, 1.82) is 0 Å². The van der Waals surface area contributed by atoms with Crippen LogP contribution in [-0.4, -0.2) is 71.7 Å². The van der Waals surface area contributed by atoms with Gasteiger partial charge < -0.3 is 38.3 Å². The van der Waals surface area contributed by atoms with Crippen LogP contribution in [0.1, 0.15) is 33.1 Å². The van der Waals surface area contributed by atoms with E-state index in [4.69, 9.17) is 17.2 Å². The summed E-state index contributed by atoms with van der Waals surface area (Å²) in [6.45, 7) is 3.44. The number of thiol groups is 1. The average Bonchev–Trinajstić information content (AvgIpc) is 2.69. The Kier molecular flexibility index (Phi) is 13.2. The van der Waals surface area contributed by atoms with E-state index in [1.54, 1.807) is 13.8 Å². The van der Waals surface area contributed by atoms with Gasteiger partial charge in [0.15, 0.2) is 5.96 Å². The zero-order valence-electron chi connectivity index (χ0n) is 17.3. The molecule has 0 aliphatic heterocycles. The monoisotopic (exact) mass is 447 g/mol. The number of aliphatic imine (C=N–C) groups is 1. The molecule has 0 rings (SSSR count). The van der Waals surface area contributed by atoms with Crippen LogP contribution in [0.4, 0.5) is 0 Å².